The molecular weight excluding hydrogens is 1830 g/mol. The highest BCUT2D eigenvalue weighted by molar-refractivity contribution is 6.94. The maximum atomic E-state index is 6.75. The van der Waals surface area contributed by atoms with Crippen molar-refractivity contribution in [2.24, 2.45) is 28.2 Å². The number of furan rings is 4. The Labute approximate surface area is 850 Å². The van der Waals surface area contributed by atoms with E-state index in [1.165, 1.54) is 127 Å². The number of benzene rings is 14. The maximum absolute atomic E-state index is 6.75. The highest BCUT2D eigenvalue weighted by Crippen LogP contribution is 2.50. The molecule has 0 atom stereocenters. The summed E-state index contributed by atoms with van der Waals surface area (Å²) in [6, 6.07) is 107. The highest BCUT2D eigenvalue weighted by Gasteiger charge is 2.42. The van der Waals surface area contributed by atoms with E-state index in [1.807, 2.05) is 73.8 Å². The van der Waals surface area contributed by atoms with Crippen LogP contribution in [0.3, 0.4) is 0 Å². The minimum absolute atomic E-state index is 0.338. The zero-order valence-corrected chi connectivity index (χ0v) is 88.1. The summed E-state index contributed by atoms with van der Waals surface area (Å²) >= 11 is 0. The molecule has 0 aliphatic carbocycles. The Morgan fingerprint density at radius 2 is 0.575 bits per heavy atom. The normalized spacial score (nSPS) is 12.0. The average Bonchev–Trinajstić information content (AvgIpc) is 1.64. The molecule has 26 aromatic rings. The van der Waals surface area contributed by atoms with Crippen LogP contribution in [0.15, 0.2) is 371 Å². The van der Waals surface area contributed by atoms with Gasteiger partial charge in [-0.1, -0.05) is 235 Å². The molecule has 18 heteroatoms. The van der Waals surface area contributed by atoms with Crippen LogP contribution in [0.1, 0.15) is 64.3 Å². The zero-order valence-electron chi connectivity index (χ0n) is 86.1. The van der Waals surface area contributed by atoms with Crippen molar-refractivity contribution < 1.29 is 35.9 Å². The number of nitrogens with zero attached hydrogens (tertiary/aromatic N) is 12. The van der Waals surface area contributed by atoms with E-state index >= 15 is 0 Å². The lowest BCUT2D eigenvalue weighted by molar-refractivity contribution is -0.634. The fourth-order valence-electron chi connectivity index (χ4n) is 22.7. The van der Waals surface area contributed by atoms with Gasteiger partial charge in [0.1, 0.15) is 61.7 Å². The van der Waals surface area contributed by atoms with E-state index in [1.54, 1.807) is 0 Å². The summed E-state index contributed by atoms with van der Waals surface area (Å²) < 4.78 is 45.3. The number of aromatic nitrogens is 12. The van der Waals surface area contributed by atoms with Gasteiger partial charge >= 0.3 is 0 Å². The Morgan fingerprint density at radius 1 is 0.267 bits per heavy atom. The molecule has 16 nitrogen and oxygen atoms in total. The van der Waals surface area contributed by atoms with Crippen LogP contribution in [-0.4, -0.2) is 54.4 Å². The minimum atomic E-state index is -1.93. The van der Waals surface area contributed by atoms with Gasteiger partial charge in [0.25, 0.3) is 23.3 Å². The van der Waals surface area contributed by atoms with E-state index in [2.05, 4.69) is 465 Å². The summed E-state index contributed by atoms with van der Waals surface area (Å²) in [5, 5.41) is 12.2. The van der Waals surface area contributed by atoms with E-state index < -0.39 is 16.1 Å². The van der Waals surface area contributed by atoms with Gasteiger partial charge in [-0.3, -0.25) is 19.9 Å². The Hall–Kier alpha value is -16.8. The molecule has 12 aromatic heterocycles. The number of aryl methyl sites for hydroxylation is 11. The first-order chi connectivity index (χ1) is 70.7. The quantitative estimate of drug-likeness (QED) is 0.0821. The van der Waals surface area contributed by atoms with Gasteiger partial charge in [0, 0.05) is 120 Å². The average molecular weight is 1940 g/mol. The zero-order chi connectivity index (χ0) is 101. The first-order valence-corrected chi connectivity index (χ1v) is 57.3. The lowest BCUT2D eigenvalue weighted by atomic mass is 9.92. The van der Waals surface area contributed by atoms with Crippen LogP contribution >= 0.6 is 0 Å². The van der Waals surface area contributed by atoms with E-state index in [0.717, 1.165) is 151 Å². The van der Waals surface area contributed by atoms with Crippen molar-refractivity contribution >= 4 is 158 Å². The van der Waals surface area contributed by atoms with E-state index in [0.29, 0.717) is 5.92 Å². The number of pyridine rings is 4. The van der Waals surface area contributed by atoms with Crippen molar-refractivity contribution in [1.82, 2.24) is 38.2 Å². The van der Waals surface area contributed by atoms with Crippen LogP contribution in [0.5, 0.6) is 0 Å². The first-order valence-electron chi connectivity index (χ1n) is 50.3. The molecule has 0 saturated heterocycles. The minimum Gasteiger partial charge on any atom is -0.456 e. The van der Waals surface area contributed by atoms with Gasteiger partial charge in [0.05, 0.1) is 72.2 Å². The lowest BCUT2D eigenvalue weighted by Gasteiger charge is -2.27. The second-order valence-corrected chi connectivity index (χ2v) is 51.3. The molecule has 0 fully saturated rings. The van der Waals surface area contributed by atoms with Crippen LogP contribution in [0.4, 0.5) is 0 Å². The Balaban J connectivity index is 0.000000108. The van der Waals surface area contributed by atoms with Crippen molar-refractivity contribution in [3.8, 4) is 90.6 Å². The molecular formula is C128H116N12O4Si2+4. The lowest BCUT2D eigenvalue weighted by Crippen LogP contribution is -2.49. The highest BCUT2D eigenvalue weighted by atomic mass is 28.3. The third-order valence-electron chi connectivity index (χ3n) is 29.6. The molecule has 12 heterocycles. The molecule has 0 saturated carbocycles. The number of fused-ring (bicyclic) bond motifs is 16. The smallest absolute Gasteiger partial charge is 0.295 e. The third kappa shape index (κ3) is 15.4. The predicted molar refractivity (Wildman–Crippen MR) is 604 cm³/mol. The summed E-state index contributed by atoms with van der Waals surface area (Å²) in [6.45, 7) is 34.4. The molecule has 716 valence electrons. The van der Waals surface area contributed by atoms with Crippen molar-refractivity contribution in [3.05, 3.63) is 397 Å². The Kier molecular flexibility index (Phi) is 23.3. The third-order valence-corrected chi connectivity index (χ3v) is 33.5. The predicted octanol–water partition coefficient (Wildman–Crippen LogP) is 29.4. The molecule has 26 rings (SSSR count). The van der Waals surface area contributed by atoms with Gasteiger partial charge in [-0.2, -0.15) is 18.3 Å². The van der Waals surface area contributed by atoms with Gasteiger partial charge in [-0.05, 0) is 220 Å². The van der Waals surface area contributed by atoms with Gasteiger partial charge in [0.15, 0.2) is 49.8 Å². The summed E-state index contributed by atoms with van der Waals surface area (Å²) in [4.78, 5) is 17.5. The summed E-state index contributed by atoms with van der Waals surface area (Å²) in [5.41, 5.74) is 40.3. The standard InChI is InChI=1S/C38H28N3O.C32H36N3OSi2.C30H28N3O.C28H24N3O/c1-25-24-39-22-21-28(25)38-40(2)32-18-10-11-19-33(32)41(38)36-30(26-13-5-3-6-14-26)23-31-29-17-9-12-20-34(29)42-37(31)35(36)27-15-7-4-8-16-27;1-21-20-33-18-17-22(21)32-34(2)25-14-10-11-15-26(25)35(32)29-28(37(3,4)5)19-24-23-13-9-12-16-27(23)36-30(24)31(29)38(6,7)8;1-18(2)23-16-24-22-10-6-9-13-27(22)34-29(24)20(4)28(23)33-26-12-8-7-11-25(26)32(5)30(33)21-14-15-31-17-19(21)3;1-17-15-22-21-9-5-8-12-25(21)32-27(22)19(3)26(17)31-24-11-7-6-10-23(24)30(4)28(31)20-13-14-29-16-18(20)2/h3-24H,1-2H3;9-20H,1-8H3;6-18H,1-5H3;5-16H,1-4H3/q4*+1. The Morgan fingerprint density at radius 3 is 0.952 bits per heavy atom. The maximum Gasteiger partial charge on any atom is 0.295 e. The van der Waals surface area contributed by atoms with E-state index in [-0.39, 0.29) is 0 Å². The molecule has 0 bridgehead atoms. The molecule has 146 heavy (non-hydrogen) atoms. The van der Waals surface area contributed by atoms with Gasteiger partial charge in [0.2, 0.25) is 0 Å². The topological polar surface area (TPSA) is 139 Å². The van der Waals surface area contributed by atoms with Crippen LogP contribution < -0.4 is 28.6 Å². The van der Waals surface area contributed by atoms with Crippen LogP contribution in [0, 0.1) is 48.5 Å². The van der Waals surface area contributed by atoms with Gasteiger partial charge in [-0.15, -0.1) is 0 Å². The molecule has 0 amide bonds. The molecule has 0 N–H and O–H groups in total. The van der Waals surface area contributed by atoms with Crippen molar-refractivity contribution in [1.29, 1.82) is 0 Å². The molecule has 0 spiro atoms. The second kappa shape index (κ2) is 36.6. The van der Waals surface area contributed by atoms with Crippen LogP contribution in [0.2, 0.25) is 39.3 Å². The van der Waals surface area contributed by atoms with Crippen LogP contribution in [0.25, 0.3) is 222 Å². The van der Waals surface area contributed by atoms with Gasteiger partial charge in [-0.25, -0.2) is 18.3 Å². The first kappa shape index (κ1) is 92.9. The number of hydrogen-bond acceptors (Lipinski definition) is 8. The molecule has 14 aromatic carbocycles. The molecule has 0 aliphatic heterocycles. The largest absolute Gasteiger partial charge is 0.456 e. The van der Waals surface area contributed by atoms with E-state index in [9.17, 15) is 0 Å². The molecule has 0 aliphatic rings. The number of rotatable bonds is 13. The SMILES string of the molecule is Cc1cnccc1-c1n(-c2c(-c3ccccc3)cc3c(oc4ccccc43)c2-c2ccccc2)c2ccccc2[n+]1C.Cc1cnccc1-c1n(-c2c(C(C)C)cc3c(oc4ccccc43)c2C)c2ccccc2[n+]1C.Cc1cnccc1-c1n(-c2c(C)cc3c(oc4ccccc43)c2C)c2ccccc2[n+]1C.Cc1cnccc1-c1n(-c2c([Si](C)(C)C)cc3c(oc4ccccc43)c2[Si](C)(C)C)c2ccccc2[n+]1C. The monoisotopic (exact) mass is 1940 g/mol. The number of para-hydroxylation sites is 12. The molecule has 0 radical (unpaired) electrons. The Bertz CT molecular complexity index is 9730. The van der Waals surface area contributed by atoms with Crippen molar-refractivity contribution in [2.45, 2.75) is 108 Å². The van der Waals surface area contributed by atoms with E-state index in [4.69, 9.17) is 17.7 Å². The van der Waals surface area contributed by atoms with Crippen molar-refractivity contribution in [2.75, 3.05) is 0 Å². The van der Waals surface area contributed by atoms with Crippen LogP contribution in [-0.2, 0) is 28.2 Å². The number of hydrogen-bond donors (Lipinski definition) is 0. The fourth-order valence-corrected chi connectivity index (χ4v) is 26.2. The molecule has 0 unspecified atom stereocenters. The summed E-state index contributed by atoms with van der Waals surface area (Å²) in [6.07, 6.45) is 15.3. The fraction of sp³-hybridized carbons (Fsp3) is 0.156. The summed E-state index contributed by atoms with van der Waals surface area (Å²) in [5.74, 6) is 4.88. The second-order valence-electron chi connectivity index (χ2n) is 41.3. The summed E-state index contributed by atoms with van der Waals surface area (Å²) in [7, 11) is 4.88. The number of imidazole rings is 4. The van der Waals surface area contributed by atoms with Gasteiger partial charge < -0.3 is 17.7 Å². The van der Waals surface area contributed by atoms with Crippen molar-refractivity contribution in [3.63, 3.8) is 0 Å².